The molecule has 0 aliphatic rings. The molecule has 0 amide bonds. The molecule has 0 bridgehead atoms. The van der Waals surface area contributed by atoms with Crippen molar-refractivity contribution in [3.05, 3.63) is 11.8 Å². The van der Waals surface area contributed by atoms with Crippen molar-refractivity contribution in [2.24, 2.45) is 5.73 Å². The molecule has 0 aromatic carbocycles. The summed E-state index contributed by atoms with van der Waals surface area (Å²) in [5.41, 5.74) is 5.28. The van der Waals surface area contributed by atoms with Gasteiger partial charge in [0.05, 0.1) is 0 Å². The Kier molecular flexibility index (Phi) is 2.39. The zero-order chi connectivity index (χ0) is 7.40. The van der Waals surface area contributed by atoms with Crippen LogP contribution < -0.4 is 5.73 Å². The van der Waals surface area contributed by atoms with Gasteiger partial charge in [-0.2, -0.15) is 0 Å². The summed E-state index contributed by atoms with van der Waals surface area (Å²) in [6, 6.07) is 0. The van der Waals surface area contributed by atoms with Gasteiger partial charge in [0.25, 0.3) is 0 Å². The van der Waals surface area contributed by atoms with Crippen LogP contribution in [0.5, 0.6) is 0 Å². The van der Waals surface area contributed by atoms with Crippen LogP contribution in [-0.4, -0.2) is 16.7 Å². The topological polar surface area (TPSA) is 64.9 Å². The maximum Gasteiger partial charge on any atom is 0.217 e. The maximum atomic E-state index is 5.28. The van der Waals surface area contributed by atoms with E-state index in [0.29, 0.717) is 24.7 Å². The minimum Gasteiger partial charge on any atom is -0.425 e. The SMILES string of the molecule is CCc1nnc(CCN)o1. The van der Waals surface area contributed by atoms with E-state index in [1.807, 2.05) is 6.92 Å². The van der Waals surface area contributed by atoms with Crippen molar-refractivity contribution >= 4 is 0 Å². The Morgan fingerprint density at radius 3 is 2.60 bits per heavy atom. The molecule has 4 nitrogen and oxygen atoms in total. The molecule has 56 valence electrons. The molecule has 4 heteroatoms. The highest BCUT2D eigenvalue weighted by molar-refractivity contribution is 4.81. The fraction of sp³-hybridized carbons (Fsp3) is 0.667. The maximum absolute atomic E-state index is 5.28. The molecule has 1 rings (SSSR count). The molecule has 2 N–H and O–H groups in total. The lowest BCUT2D eigenvalue weighted by Crippen LogP contribution is -2.02. The standard InChI is InChI=1S/C6H11N3O/c1-2-5-8-9-6(10-5)3-4-7/h2-4,7H2,1H3. The molecule has 0 aliphatic heterocycles. The predicted molar refractivity (Wildman–Crippen MR) is 36.4 cm³/mol. The lowest BCUT2D eigenvalue weighted by molar-refractivity contribution is 0.455. The normalized spacial score (nSPS) is 10.2. The number of aromatic nitrogens is 2. The van der Waals surface area contributed by atoms with Gasteiger partial charge in [0.2, 0.25) is 11.8 Å². The van der Waals surface area contributed by atoms with Gasteiger partial charge in [-0.1, -0.05) is 6.92 Å². The van der Waals surface area contributed by atoms with Crippen LogP contribution in [0.3, 0.4) is 0 Å². The molecule has 1 aromatic rings. The van der Waals surface area contributed by atoms with Crippen LogP contribution in [0.2, 0.25) is 0 Å². The molecule has 1 aromatic heterocycles. The first-order valence-corrected chi connectivity index (χ1v) is 3.38. The first-order chi connectivity index (χ1) is 4.86. The Labute approximate surface area is 59.4 Å². The van der Waals surface area contributed by atoms with E-state index < -0.39 is 0 Å². The molecule has 0 aliphatic carbocycles. The van der Waals surface area contributed by atoms with Gasteiger partial charge in [0.15, 0.2) is 0 Å². The number of hydrogen-bond acceptors (Lipinski definition) is 4. The molecule has 0 radical (unpaired) electrons. The number of nitrogens with zero attached hydrogens (tertiary/aromatic N) is 2. The highest BCUT2D eigenvalue weighted by Crippen LogP contribution is 1.99. The van der Waals surface area contributed by atoms with Gasteiger partial charge in [-0.3, -0.25) is 0 Å². The van der Waals surface area contributed by atoms with Crippen molar-refractivity contribution in [1.82, 2.24) is 10.2 Å². The van der Waals surface area contributed by atoms with Crippen LogP contribution in [0.1, 0.15) is 18.7 Å². The Morgan fingerprint density at radius 2 is 2.10 bits per heavy atom. The third-order valence-electron chi connectivity index (χ3n) is 1.17. The van der Waals surface area contributed by atoms with E-state index in [9.17, 15) is 0 Å². The number of aryl methyl sites for hydroxylation is 1. The smallest absolute Gasteiger partial charge is 0.217 e. The number of nitrogens with two attached hydrogens (primary N) is 1. The zero-order valence-electron chi connectivity index (χ0n) is 6.00. The Morgan fingerprint density at radius 1 is 1.40 bits per heavy atom. The van der Waals surface area contributed by atoms with Crippen molar-refractivity contribution in [3.63, 3.8) is 0 Å². The molecular weight excluding hydrogens is 130 g/mol. The molecule has 0 spiro atoms. The van der Waals surface area contributed by atoms with Gasteiger partial charge >= 0.3 is 0 Å². The molecule has 0 atom stereocenters. The summed E-state index contributed by atoms with van der Waals surface area (Å²) >= 11 is 0. The molecule has 1 heterocycles. The molecule has 10 heavy (non-hydrogen) atoms. The van der Waals surface area contributed by atoms with Gasteiger partial charge in [-0.05, 0) is 0 Å². The zero-order valence-corrected chi connectivity index (χ0v) is 6.00. The van der Waals surface area contributed by atoms with Crippen molar-refractivity contribution in [1.29, 1.82) is 0 Å². The molecular formula is C6H11N3O. The lowest BCUT2D eigenvalue weighted by atomic mass is 10.4. The summed E-state index contributed by atoms with van der Waals surface area (Å²) in [5, 5.41) is 7.56. The highest BCUT2D eigenvalue weighted by Gasteiger charge is 2.00. The Bertz CT molecular complexity index is 197. The monoisotopic (exact) mass is 141 g/mol. The summed E-state index contributed by atoms with van der Waals surface area (Å²) < 4.78 is 5.17. The minimum absolute atomic E-state index is 0.561. The van der Waals surface area contributed by atoms with Gasteiger partial charge in [-0.25, -0.2) is 0 Å². The Balaban J connectivity index is 2.59. The fourth-order valence-corrected chi connectivity index (χ4v) is 0.656. The predicted octanol–water partition coefficient (Wildman–Crippen LogP) is 0.133. The van der Waals surface area contributed by atoms with E-state index in [-0.39, 0.29) is 0 Å². The van der Waals surface area contributed by atoms with E-state index in [1.54, 1.807) is 0 Å². The van der Waals surface area contributed by atoms with Crippen LogP contribution >= 0.6 is 0 Å². The van der Waals surface area contributed by atoms with E-state index >= 15 is 0 Å². The lowest BCUT2D eigenvalue weighted by Gasteiger charge is -1.85. The average Bonchev–Trinajstić information content (AvgIpc) is 2.37. The van der Waals surface area contributed by atoms with Crippen molar-refractivity contribution in [3.8, 4) is 0 Å². The van der Waals surface area contributed by atoms with Crippen LogP contribution in [0.4, 0.5) is 0 Å². The summed E-state index contributed by atoms with van der Waals surface area (Å²) in [5.74, 6) is 1.32. The van der Waals surface area contributed by atoms with Crippen LogP contribution in [-0.2, 0) is 12.8 Å². The second kappa shape index (κ2) is 3.31. The van der Waals surface area contributed by atoms with Crippen molar-refractivity contribution in [2.45, 2.75) is 19.8 Å². The van der Waals surface area contributed by atoms with Crippen molar-refractivity contribution in [2.75, 3.05) is 6.54 Å². The van der Waals surface area contributed by atoms with Crippen LogP contribution in [0, 0.1) is 0 Å². The molecule has 0 unspecified atom stereocenters. The van der Waals surface area contributed by atoms with Crippen molar-refractivity contribution < 1.29 is 4.42 Å². The summed E-state index contributed by atoms with van der Waals surface area (Å²) in [6.45, 7) is 2.53. The second-order valence-electron chi connectivity index (χ2n) is 1.98. The van der Waals surface area contributed by atoms with Crippen LogP contribution in [0.25, 0.3) is 0 Å². The largest absolute Gasteiger partial charge is 0.425 e. The third kappa shape index (κ3) is 1.54. The van der Waals surface area contributed by atoms with Gasteiger partial charge in [0.1, 0.15) is 0 Å². The summed E-state index contributed by atoms with van der Waals surface area (Å²) in [4.78, 5) is 0. The van der Waals surface area contributed by atoms with Gasteiger partial charge in [0, 0.05) is 19.4 Å². The number of rotatable bonds is 3. The number of hydrogen-bond donors (Lipinski definition) is 1. The Hall–Kier alpha value is -0.900. The summed E-state index contributed by atoms with van der Waals surface area (Å²) in [7, 11) is 0. The van der Waals surface area contributed by atoms with E-state index in [4.69, 9.17) is 10.2 Å². The first-order valence-electron chi connectivity index (χ1n) is 3.38. The van der Waals surface area contributed by atoms with Crippen LogP contribution in [0.15, 0.2) is 4.42 Å². The summed E-state index contributed by atoms with van der Waals surface area (Å²) in [6.07, 6.45) is 1.46. The first kappa shape index (κ1) is 7.21. The molecule has 0 fully saturated rings. The van der Waals surface area contributed by atoms with E-state index in [2.05, 4.69) is 10.2 Å². The average molecular weight is 141 g/mol. The third-order valence-corrected chi connectivity index (χ3v) is 1.17. The van der Waals surface area contributed by atoms with E-state index in [0.717, 1.165) is 6.42 Å². The van der Waals surface area contributed by atoms with Gasteiger partial charge < -0.3 is 10.2 Å². The van der Waals surface area contributed by atoms with E-state index in [1.165, 1.54) is 0 Å². The molecule has 0 saturated heterocycles. The quantitative estimate of drug-likeness (QED) is 0.650. The fourth-order valence-electron chi connectivity index (χ4n) is 0.656. The highest BCUT2D eigenvalue weighted by atomic mass is 16.4. The molecule has 0 saturated carbocycles. The van der Waals surface area contributed by atoms with Gasteiger partial charge in [-0.15, -0.1) is 10.2 Å². The second-order valence-corrected chi connectivity index (χ2v) is 1.98. The minimum atomic E-state index is 0.561.